The van der Waals surface area contributed by atoms with Gasteiger partial charge in [-0.2, -0.15) is 0 Å². The van der Waals surface area contributed by atoms with Gasteiger partial charge in [0.25, 0.3) is 0 Å². The molecule has 0 aromatic heterocycles. The van der Waals surface area contributed by atoms with Crippen LogP contribution in [0.1, 0.15) is 39.2 Å². The van der Waals surface area contributed by atoms with Crippen molar-refractivity contribution in [2.75, 3.05) is 26.6 Å². The number of halogens is 1. The Balaban J connectivity index is 0.00000484. The third kappa shape index (κ3) is 11.6. The van der Waals surface area contributed by atoms with Crippen LogP contribution in [-0.2, 0) is 15.7 Å². The maximum absolute atomic E-state index is 11.6. The normalized spacial score (nSPS) is 11.6. The maximum Gasteiger partial charge on any atom is 0.306 e. The number of carbonyl (C=O) groups is 1. The summed E-state index contributed by atoms with van der Waals surface area (Å²) in [6.45, 7) is 13.2. The summed E-state index contributed by atoms with van der Waals surface area (Å²) >= 11 is 0. The quantitative estimate of drug-likeness (QED) is 0.356. The van der Waals surface area contributed by atoms with Gasteiger partial charge >= 0.3 is 5.97 Å². The largest absolute Gasteiger partial charge is 0.494 e. The molecule has 0 aliphatic rings. The predicted octanol–water partition coefficient (Wildman–Crippen LogP) is 5.17. The van der Waals surface area contributed by atoms with Crippen LogP contribution in [0.5, 0.6) is 5.75 Å². The van der Waals surface area contributed by atoms with Crippen molar-refractivity contribution in [1.29, 1.82) is 0 Å². The first-order valence-electron chi connectivity index (χ1n) is 7.79. The molecule has 0 aliphatic carbocycles. The minimum absolute atomic E-state index is 0. The third-order valence-electron chi connectivity index (χ3n) is 2.79. The molecule has 0 radical (unpaired) electrons. The molecule has 0 saturated carbocycles. The van der Waals surface area contributed by atoms with Crippen molar-refractivity contribution in [3.63, 3.8) is 0 Å². The summed E-state index contributed by atoms with van der Waals surface area (Å²) in [6.07, 6.45) is 2.22. The van der Waals surface area contributed by atoms with Crippen molar-refractivity contribution in [2.24, 2.45) is 0 Å². The van der Waals surface area contributed by atoms with Crippen molar-refractivity contribution in [1.82, 2.24) is 0 Å². The summed E-state index contributed by atoms with van der Waals surface area (Å²) in [4.78, 5) is 11.6. The van der Waals surface area contributed by atoms with Gasteiger partial charge in [-0.1, -0.05) is 12.1 Å². The summed E-state index contributed by atoms with van der Waals surface area (Å²) in [6, 6.07) is 8.29. The van der Waals surface area contributed by atoms with E-state index in [2.05, 4.69) is 32.1 Å². The molecule has 132 valence electrons. The number of hydrogen-bond acceptors (Lipinski definition) is 3. The van der Waals surface area contributed by atoms with Crippen molar-refractivity contribution in [3.05, 3.63) is 29.8 Å². The summed E-state index contributed by atoms with van der Waals surface area (Å²) in [7, 11) is -0.799. The Morgan fingerprint density at radius 1 is 1.09 bits per heavy atom. The number of rotatable bonds is 7. The second-order valence-corrected chi connectivity index (χ2v) is 12.5. The Morgan fingerprint density at radius 3 is 2.13 bits per heavy atom. The van der Waals surface area contributed by atoms with Gasteiger partial charge in [-0.3, -0.25) is 4.79 Å². The van der Waals surface area contributed by atoms with Crippen LogP contribution in [0.3, 0.4) is 0 Å². The van der Waals surface area contributed by atoms with Crippen molar-refractivity contribution >= 4 is 30.2 Å². The van der Waals surface area contributed by atoms with Gasteiger partial charge in [-0.25, -0.2) is 0 Å². The smallest absolute Gasteiger partial charge is 0.306 e. The van der Waals surface area contributed by atoms with E-state index in [1.54, 1.807) is 0 Å². The van der Waals surface area contributed by atoms with Crippen molar-refractivity contribution < 1.29 is 14.3 Å². The van der Waals surface area contributed by atoms with Gasteiger partial charge < -0.3 is 9.47 Å². The molecule has 0 amide bonds. The summed E-state index contributed by atoms with van der Waals surface area (Å²) in [5, 5.41) is 0. The molecule has 0 spiro atoms. The monoisotopic (exact) mass is 405 g/mol. The predicted molar refractivity (Wildman–Crippen MR) is 106 cm³/mol. The molecule has 3 nitrogen and oxygen atoms in total. The van der Waals surface area contributed by atoms with Gasteiger partial charge in [0.15, 0.2) is 0 Å². The Bertz CT molecular complexity index is 473. The molecule has 0 bridgehead atoms. The molecule has 1 rings (SSSR count). The maximum atomic E-state index is 11.6. The van der Waals surface area contributed by atoms with E-state index in [9.17, 15) is 4.79 Å². The van der Waals surface area contributed by atoms with Gasteiger partial charge in [0, 0.05) is 33.7 Å². The SMILES string of the molecule is Br.CC(C)(C)OC(=O)CCCOc1ccc(C[P+](C)(C)C)cc1. The van der Waals surface area contributed by atoms with Crippen LogP contribution in [0.2, 0.25) is 0 Å². The fourth-order valence-electron chi connectivity index (χ4n) is 2.04. The fraction of sp³-hybridized carbons (Fsp3) is 0.611. The van der Waals surface area contributed by atoms with E-state index >= 15 is 0 Å². The molecule has 0 unspecified atom stereocenters. The van der Waals surface area contributed by atoms with Gasteiger partial charge in [0.05, 0.1) is 12.8 Å². The Labute approximate surface area is 152 Å². The zero-order chi connectivity index (χ0) is 16.8. The van der Waals surface area contributed by atoms with Crippen LogP contribution in [0.15, 0.2) is 24.3 Å². The van der Waals surface area contributed by atoms with E-state index in [1.165, 1.54) is 5.56 Å². The standard InChI is InChI=1S/C18H30O3P.BrH/c1-18(2,3)21-17(19)8-7-13-20-16-11-9-15(10-12-16)14-22(4,5)6;/h9-12H,7-8,13-14H2,1-6H3;1H/q+1;. The van der Waals surface area contributed by atoms with Crippen LogP contribution in [-0.4, -0.2) is 38.2 Å². The highest BCUT2D eigenvalue weighted by Gasteiger charge is 2.17. The van der Waals surface area contributed by atoms with Gasteiger partial charge in [-0.15, -0.1) is 17.0 Å². The molecule has 0 aliphatic heterocycles. The van der Waals surface area contributed by atoms with Crippen LogP contribution in [0.25, 0.3) is 0 Å². The van der Waals surface area contributed by atoms with E-state index in [0.29, 0.717) is 19.4 Å². The molecule has 0 heterocycles. The van der Waals surface area contributed by atoms with E-state index < -0.39 is 12.9 Å². The molecule has 1 aromatic carbocycles. The molecule has 0 atom stereocenters. The Kier molecular flexibility index (Phi) is 9.39. The van der Waals surface area contributed by atoms with Crippen molar-refractivity contribution in [2.45, 2.75) is 45.4 Å². The van der Waals surface area contributed by atoms with Gasteiger partial charge in [0.1, 0.15) is 11.4 Å². The number of benzene rings is 1. The van der Waals surface area contributed by atoms with E-state index in [1.807, 2.05) is 32.9 Å². The van der Waals surface area contributed by atoms with Gasteiger partial charge in [0.2, 0.25) is 0 Å². The first kappa shape index (κ1) is 22.4. The minimum atomic E-state index is -0.799. The lowest BCUT2D eigenvalue weighted by Gasteiger charge is -2.19. The average molecular weight is 406 g/mol. The summed E-state index contributed by atoms with van der Waals surface area (Å²) < 4.78 is 10.9. The fourth-order valence-corrected chi connectivity index (χ4v) is 3.34. The molecule has 1 aromatic rings. The highest BCUT2D eigenvalue weighted by Crippen LogP contribution is 2.50. The molecular weight excluding hydrogens is 375 g/mol. The number of hydrogen-bond donors (Lipinski definition) is 0. The van der Waals surface area contributed by atoms with Gasteiger partial charge in [-0.05, 0) is 44.9 Å². The summed E-state index contributed by atoms with van der Waals surface area (Å²) in [5.74, 6) is 0.695. The highest BCUT2D eigenvalue weighted by atomic mass is 79.9. The lowest BCUT2D eigenvalue weighted by Crippen LogP contribution is -2.23. The first-order valence-corrected chi connectivity index (χ1v) is 11.1. The zero-order valence-corrected chi connectivity index (χ0v) is 17.8. The zero-order valence-electron chi connectivity index (χ0n) is 15.2. The van der Waals surface area contributed by atoms with E-state index in [0.717, 1.165) is 11.9 Å². The topological polar surface area (TPSA) is 35.5 Å². The molecular formula is C18H31BrO3P+. The number of ether oxygens (including phenoxy) is 2. The molecule has 0 N–H and O–H groups in total. The molecule has 0 saturated heterocycles. The highest BCUT2D eigenvalue weighted by molar-refractivity contribution is 8.93. The Hall–Kier alpha value is -0.600. The summed E-state index contributed by atoms with van der Waals surface area (Å²) in [5.41, 5.74) is 0.950. The van der Waals surface area contributed by atoms with E-state index in [4.69, 9.17) is 9.47 Å². The van der Waals surface area contributed by atoms with Crippen molar-refractivity contribution in [3.8, 4) is 5.75 Å². The average Bonchev–Trinajstić information content (AvgIpc) is 2.32. The van der Waals surface area contributed by atoms with Crippen LogP contribution in [0, 0.1) is 0 Å². The molecule has 23 heavy (non-hydrogen) atoms. The second kappa shape index (κ2) is 9.64. The van der Waals surface area contributed by atoms with Crippen LogP contribution in [0.4, 0.5) is 0 Å². The molecule has 0 fully saturated rings. The number of esters is 1. The van der Waals surface area contributed by atoms with E-state index in [-0.39, 0.29) is 23.0 Å². The number of carbonyl (C=O) groups excluding carboxylic acids is 1. The minimum Gasteiger partial charge on any atom is -0.494 e. The third-order valence-corrected chi connectivity index (χ3v) is 4.11. The van der Waals surface area contributed by atoms with Crippen LogP contribution < -0.4 is 4.74 Å². The van der Waals surface area contributed by atoms with Crippen LogP contribution >= 0.6 is 24.2 Å². The first-order chi connectivity index (χ1) is 10.1. The Morgan fingerprint density at radius 2 is 1.65 bits per heavy atom. The lowest BCUT2D eigenvalue weighted by atomic mass is 10.2. The molecule has 5 heteroatoms. The lowest BCUT2D eigenvalue weighted by molar-refractivity contribution is -0.155. The second-order valence-electron chi connectivity index (χ2n) is 7.63.